The summed E-state index contributed by atoms with van der Waals surface area (Å²) in [7, 11) is 0. The first kappa shape index (κ1) is 19.4. The molecule has 1 amide bonds. The lowest BCUT2D eigenvalue weighted by molar-refractivity contribution is -0.122. The number of aromatic carboxylic acids is 1. The first-order valence-corrected chi connectivity index (χ1v) is 8.46. The van der Waals surface area contributed by atoms with E-state index in [0.29, 0.717) is 17.3 Å². The molecule has 1 heterocycles. The van der Waals surface area contributed by atoms with Gasteiger partial charge in [0.1, 0.15) is 17.8 Å². The highest BCUT2D eigenvalue weighted by atomic mass is 16.5. The Labute approximate surface area is 165 Å². The molecule has 0 atom stereocenters. The van der Waals surface area contributed by atoms with Crippen LogP contribution < -0.4 is 26.6 Å². The molecule has 10 nitrogen and oxygen atoms in total. The largest absolute Gasteiger partial charge is 0.484 e. The van der Waals surface area contributed by atoms with Crippen molar-refractivity contribution in [2.45, 2.75) is 0 Å². The Morgan fingerprint density at radius 2 is 1.69 bits per heavy atom. The number of para-hydroxylation sites is 1. The van der Waals surface area contributed by atoms with Gasteiger partial charge in [-0.1, -0.05) is 18.2 Å². The Morgan fingerprint density at radius 3 is 2.38 bits per heavy atom. The number of carboxylic acids is 1. The van der Waals surface area contributed by atoms with Gasteiger partial charge in [0.05, 0.1) is 5.56 Å². The van der Waals surface area contributed by atoms with Gasteiger partial charge in [0.25, 0.3) is 5.91 Å². The van der Waals surface area contributed by atoms with Crippen molar-refractivity contribution in [2.75, 3.05) is 23.1 Å². The third kappa shape index (κ3) is 5.32. The van der Waals surface area contributed by atoms with Gasteiger partial charge in [-0.25, -0.2) is 14.8 Å². The monoisotopic (exact) mass is 394 g/mol. The Morgan fingerprint density at radius 1 is 1.00 bits per heavy atom. The molecule has 0 aliphatic rings. The van der Waals surface area contributed by atoms with E-state index in [9.17, 15) is 9.59 Å². The number of nitrogens with one attached hydrogen (secondary N) is 3. The van der Waals surface area contributed by atoms with Gasteiger partial charge in [0, 0.05) is 5.69 Å². The second-order valence-corrected chi connectivity index (χ2v) is 5.77. The van der Waals surface area contributed by atoms with E-state index in [1.807, 2.05) is 6.07 Å². The number of hydrazine groups is 1. The number of benzene rings is 2. The quantitative estimate of drug-likeness (QED) is 0.361. The van der Waals surface area contributed by atoms with Crippen molar-refractivity contribution in [3.05, 3.63) is 66.5 Å². The van der Waals surface area contributed by atoms with Crippen molar-refractivity contribution < 1.29 is 19.4 Å². The van der Waals surface area contributed by atoms with Gasteiger partial charge < -0.3 is 20.9 Å². The molecular formula is C19H18N6O4. The molecule has 0 aliphatic carbocycles. The normalized spacial score (nSPS) is 10.1. The third-order valence-electron chi connectivity index (χ3n) is 3.71. The van der Waals surface area contributed by atoms with Gasteiger partial charge in [-0.15, -0.1) is 0 Å². The molecule has 0 saturated carbocycles. The second kappa shape index (κ2) is 9.04. The molecule has 0 fully saturated rings. The van der Waals surface area contributed by atoms with E-state index in [-0.39, 0.29) is 23.7 Å². The van der Waals surface area contributed by atoms with Crippen LogP contribution in [0.25, 0.3) is 0 Å². The van der Waals surface area contributed by atoms with Gasteiger partial charge in [0.2, 0.25) is 0 Å². The predicted octanol–water partition coefficient (Wildman–Crippen LogP) is 2.02. The Hall–Kier alpha value is -4.34. The van der Waals surface area contributed by atoms with Crippen LogP contribution in [0.15, 0.2) is 60.9 Å². The predicted molar refractivity (Wildman–Crippen MR) is 107 cm³/mol. The SMILES string of the molecule is Nc1c(NNC(=O)COc2ccccc2)ncnc1Nc1ccc(C(=O)O)cc1. The van der Waals surface area contributed by atoms with Crippen molar-refractivity contribution in [2.24, 2.45) is 0 Å². The molecule has 0 bridgehead atoms. The topological polar surface area (TPSA) is 151 Å². The van der Waals surface area contributed by atoms with Crippen molar-refractivity contribution >= 4 is 34.9 Å². The van der Waals surface area contributed by atoms with Crippen LogP contribution in [-0.2, 0) is 4.79 Å². The summed E-state index contributed by atoms with van der Waals surface area (Å²) in [5, 5.41) is 11.9. The van der Waals surface area contributed by atoms with E-state index in [4.69, 9.17) is 15.6 Å². The minimum Gasteiger partial charge on any atom is -0.484 e. The van der Waals surface area contributed by atoms with Crippen LogP contribution in [0, 0.1) is 0 Å². The van der Waals surface area contributed by atoms with Gasteiger partial charge in [-0.3, -0.25) is 15.6 Å². The van der Waals surface area contributed by atoms with Gasteiger partial charge in [0.15, 0.2) is 18.2 Å². The molecule has 0 unspecified atom stereocenters. The lowest BCUT2D eigenvalue weighted by Crippen LogP contribution is -2.34. The molecule has 29 heavy (non-hydrogen) atoms. The van der Waals surface area contributed by atoms with Crippen molar-refractivity contribution in [3.8, 4) is 5.75 Å². The second-order valence-electron chi connectivity index (χ2n) is 5.77. The zero-order valence-corrected chi connectivity index (χ0v) is 15.1. The number of nitrogen functional groups attached to an aromatic ring is 1. The number of carbonyl (C=O) groups is 2. The molecule has 0 saturated heterocycles. The zero-order chi connectivity index (χ0) is 20.6. The number of carboxylic acid groups (broad SMARTS) is 1. The standard InChI is InChI=1S/C19H18N6O4/c20-16-17(23-13-8-6-12(7-9-13)19(27)28)21-11-22-18(16)25-24-15(26)10-29-14-4-2-1-3-5-14/h1-9,11H,10,20H2,(H,24,26)(H,27,28)(H2,21,22,23,25). The first-order valence-electron chi connectivity index (χ1n) is 8.46. The minimum absolute atomic E-state index is 0.161. The molecule has 0 radical (unpaired) electrons. The number of hydrogen-bond donors (Lipinski definition) is 5. The highest BCUT2D eigenvalue weighted by Gasteiger charge is 2.10. The Kier molecular flexibility index (Phi) is 6.05. The number of nitrogens with zero attached hydrogens (tertiary/aromatic N) is 2. The Balaban J connectivity index is 1.58. The third-order valence-corrected chi connectivity index (χ3v) is 3.71. The summed E-state index contributed by atoms with van der Waals surface area (Å²) in [4.78, 5) is 30.9. The summed E-state index contributed by atoms with van der Waals surface area (Å²) < 4.78 is 5.35. The fraction of sp³-hybridized carbons (Fsp3) is 0.0526. The highest BCUT2D eigenvalue weighted by molar-refractivity contribution is 5.88. The lowest BCUT2D eigenvalue weighted by Gasteiger charge is -2.13. The van der Waals surface area contributed by atoms with E-state index in [2.05, 4.69) is 26.1 Å². The smallest absolute Gasteiger partial charge is 0.335 e. The maximum absolute atomic E-state index is 11.9. The summed E-state index contributed by atoms with van der Waals surface area (Å²) in [5.41, 5.74) is 12.0. The number of carbonyl (C=O) groups excluding carboxylic acids is 1. The van der Waals surface area contributed by atoms with Crippen LogP contribution in [0.4, 0.5) is 23.0 Å². The molecule has 2 aromatic carbocycles. The molecule has 6 N–H and O–H groups in total. The summed E-state index contributed by atoms with van der Waals surface area (Å²) in [6.45, 7) is -0.191. The minimum atomic E-state index is -1.02. The average Bonchev–Trinajstić information content (AvgIpc) is 2.74. The molecule has 3 rings (SSSR count). The zero-order valence-electron chi connectivity index (χ0n) is 15.1. The van der Waals surface area contributed by atoms with E-state index in [1.54, 1.807) is 36.4 Å². The number of aromatic nitrogens is 2. The number of rotatable bonds is 8. The lowest BCUT2D eigenvalue weighted by atomic mass is 10.2. The van der Waals surface area contributed by atoms with Crippen LogP contribution in [0.1, 0.15) is 10.4 Å². The summed E-state index contributed by atoms with van der Waals surface area (Å²) in [6.07, 6.45) is 1.26. The van der Waals surface area contributed by atoms with Crippen LogP contribution >= 0.6 is 0 Å². The van der Waals surface area contributed by atoms with Crippen molar-refractivity contribution in [1.82, 2.24) is 15.4 Å². The number of ether oxygens (including phenoxy) is 1. The molecular weight excluding hydrogens is 376 g/mol. The number of hydrogen-bond acceptors (Lipinski definition) is 8. The van der Waals surface area contributed by atoms with Crippen molar-refractivity contribution in [1.29, 1.82) is 0 Å². The summed E-state index contributed by atoms with van der Waals surface area (Å²) >= 11 is 0. The van der Waals surface area contributed by atoms with E-state index in [1.165, 1.54) is 18.5 Å². The summed E-state index contributed by atoms with van der Waals surface area (Å²) in [6, 6.07) is 15.0. The molecule has 1 aromatic heterocycles. The number of amides is 1. The van der Waals surface area contributed by atoms with Gasteiger partial charge >= 0.3 is 5.97 Å². The maximum Gasteiger partial charge on any atom is 0.335 e. The van der Waals surface area contributed by atoms with Crippen molar-refractivity contribution in [3.63, 3.8) is 0 Å². The molecule has 0 aliphatic heterocycles. The van der Waals surface area contributed by atoms with Gasteiger partial charge in [-0.2, -0.15) is 0 Å². The van der Waals surface area contributed by atoms with Crippen LogP contribution in [0.2, 0.25) is 0 Å². The Bertz CT molecular complexity index is 995. The fourth-order valence-corrected chi connectivity index (χ4v) is 2.26. The summed E-state index contributed by atoms with van der Waals surface area (Å²) in [5.74, 6) is -0.384. The van der Waals surface area contributed by atoms with Gasteiger partial charge in [-0.05, 0) is 36.4 Å². The highest BCUT2D eigenvalue weighted by Crippen LogP contribution is 2.25. The van der Waals surface area contributed by atoms with E-state index in [0.717, 1.165) is 0 Å². The molecule has 3 aromatic rings. The van der Waals surface area contributed by atoms with Crippen LogP contribution in [0.3, 0.4) is 0 Å². The first-order chi connectivity index (χ1) is 14.0. The van der Waals surface area contributed by atoms with E-state index >= 15 is 0 Å². The average molecular weight is 394 g/mol. The molecule has 0 spiro atoms. The number of anilines is 4. The van der Waals surface area contributed by atoms with Crippen LogP contribution in [-0.4, -0.2) is 33.6 Å². The molecule has 148 valence electrons. The maximum atomic E-state index is 11.9. The molecule has 10 heteroatoms. The van der Waals surface area contributed by atoms with Crippen LogP contribution in [0.5, 0.6) is 5.75 Å². The van der Waals surface area contributed by atoms with E-state index < -0.39 is 11.9 Å². The number of nitrogens with two attached hydrogens (primary N) is 1. The fourth-order valence-electron chi connectivity index (χ4n) is 2.26.